The normalized spacial score (nSPS) is 30.3. The van der Waals surface area contributed by atoms with Gasteiger partial charge in [0.2, 0.25) is 0 Å². The number of hydrogen-bond donors (Lipinski definition) is 3. The lowest BCUT2D eigenvalue weighted by Crippen LogP contribution is -2.50. The van der Waals surface area contributed by atoms with Crippen molar-refractivity contribution in [3.8, 4) is 0 Å². The maximum atomic E-state index is 11.9. The lowest BCUT2D eigenvalue weighted by Gasteiger charge is -2.28. The van der Waals surface area contributed by atoms with E-state index < -0.39 is 11.9 Å². The molecule has 2 aliphatic carbocycles. The second-order valence-corrected chi connectivity index (χ2v) is 5.95. The van der Waals surface area contributed by atoms with Gasteiger partial charge in [0.25, 0.3) is 0 Å². The molecule has 0 saturated heterocycles. The van der Waals surface area contributed by atoms with Crippen LogP contribution in [0.15, 0.2) is 22.8 Å². The van der Waals surface area contributed by atoms with Gasteiger partial charge in [-0.2, -0.15) is 0 Å². The van der Waals surface area contributed by atoms with Crippen LogP contribution in [0, 0.1) is 17.8 Å². The Labute approximate surface area is 122 Å². The molecule has 2 saturated carbocycles. The van der Waals surface area contributed by atoms with Gasteiger partial charge in [0.05, 0.1) is 12.2 Å². The molecule has 2 aliphatic rings. The first-order chi connectivity index (χ1) is 10.1. The third-order valence-electron chi connectivity index (χ3n) is 4.74. The molecule has 114 valence electrons. The minimum atomic E-state index is -0.789. The molecule has 0 spiro atoms. The summed E-state index contributed by atoms with van der Waals surface area (Å²) < 4.78 is 5.19. The predicted octanol–water partition coefficient (Wildman–Crippen LogP) is 1.62. The second kappa shape index (κ2) is 5.79. The maximum Gasteiger partial charge on any atom is 0.315 e. The summed E-state index contributed by atoms with van der Waals surface area (Å²) in [6.45, 7) is 0.470. The minimum absolute atomic E-state index is 0.223. The summed E-state index contributed by atoms with van der Waals surface area (Å²) in [7, 11) is 0. The van der Waals surface area contributed by atoms with Crippen molar-refractivity contribution in [3.05, 3.63) is 24.2 Å². The first-order valence-electron chi connectivity index (χ1n) is 7.44. The van der Waals surface area contributed by atoms with E-state index in [1.807, 2.05) is 12.1 Å². The summed E-state index contributed by atoms with van der Waals surface area (Å²) in [5, 5.41) is 15.0. The molecule has 6 nitrogen and oxygen atoms in total. The maximum absolute atomic E-state index is 11.9. The van der Waals surface area contributed by atoms with Crippen LogP contribution in [0.1, 0.15) is 25.0 Å². The Hall–Kier alpha value is -1.98. The zero-order valence-electron chi connectivity index (χ0n) is 11.7. The molecule has 4 atom stereocenters. The Morgan fingerprint density at radius 3 is 2.86 bits per heavy atom. The Morgan fingerprint density at radius 1 is 1.33 bits per heavy atom. The highest BCUT2D eigenvalue weighted by molar-refractivity contribution is 5.77. The second-order valence-electron chi connectivity index (χ2n) is 5.95. The van der Waals surface area contributed by atoms with Crippen molar-refractivity contribution < 1.29 is 19.1 Å². The van der Waals surface area contributed by atoms with E-state index in [-0.39, 0.29) is 18.0 Å². The molecule has 1 heterocycles. The zero-order chi connectivity index (χ0) is 14.8. The quantitative estimate of drug-likeness (QED) is 0.769. The molecule has 0 radical (unpaired) electrons. The fourth-order valence-electron chi connectivity index (χ4n) is 3.81. The lowest BCUT2D eigenvalue weighted by atomic mass is 9.84. The summed E-state index contributed by atoms with van der Waals surface area (Å²) in [6.07, 6.45) is 5.14. The van der Waals surface area contributed by atoms with Crippen LogP contribution in [-0.2, 0) is 11.2 Å². The molecule has 3 N–H and O–H groups in total. The van der Waals surface area contributed by atoms with Crippen molar-refractivity contribution in [1.82, 2.24) is 10.6 Å². The van der Waals surface area contributed by atoms with Gasteiger partial charge >= 0.3 is 12.0 Å². The smallest absolute Gasteiger partial charge is 0.315 e. The van der Waals surface area contributed by atoms with Gasteiger partial charge in [0.1, 0.15) is 5.76 Å². The van der Waals surface area contributed by atoms with E-state index in [0.29, 0.717) is 18.9 Å². The topological polar surface area (TPSA) is 91.6 Å². The first-order valence-corrected chi connectivity index (χ1v) is 7.44. The van der Waals surface area contributed by atoms with Crippen LogP contribution >= 0.6 is 0 Å². The van der Waals surface area contributed by atoms with Gasteiger partial charge in [-0.25, -0.2) is 4.79 Å². The average Bonchev–Trinajstić information content (AvgIpc) is 3.14. The number of urea groups is 1. The fraction of sp³-hybridized carbons (Fsp3) is 0.600. The summed E-state index contributed by atoms with van der Waals surface area (Å²) in [6, 6.07) is 3.15. The van der Waals surface area contributed by atoms with Crippen molar-refractivity contribution in [2.75, 3.05) is 6.54 Å². The van der Waals surface area contributed by atoms with Crippen LogP contribution in [-0.4, -0.2) is 29.7 Å². The number of aliphatic carboxylic acids is 1. The van der Waals surface area contributed by atoms with Crippen LogP contribution in [0.4, 0.5) is 4.79 Å². The number of amides is 2. The molecule has 21 heavy (non-hydrogen) atoms. The van der Waals surface area contributed by atoms with Crippen LogP contribution < -0.4 is 10.6 Å². The van der Waals surface area contributed by atoms with Gasteiger partial charge in [0, 0.05) is 19.0 Å². The highest BCUT2D eigenvalue weighted by Gasteiger charge is 2.51. The Morgan fingerprint density at radius 2 is 2.14 bits per heavy atom. The van der Waals surface area contributed by atoms with Crippen molar-refractivity contribution in [2.24, 2.45) is 17.8 Å². The highest BCUT2D eigenvalue weighted by Crippen LogP contribution is 2.48. The van der Waals surface area contributed by atoms with E-state index in [9.17, 15) is 14.7 Å². The van der Waals surface area contributed by atoms with Gasteiger partial charge in [0.15, 0.2) is 0 Å². The Bertz CT molecular complexity index is 514. The highest BCUT2D eigenvalue weighted by atomic mass is 16.4. The van der Waals surface area contributed by atoms with E-state index in [4.69, 9.17) is 4.42 Å². The predicted molar refractivity (Wildman–Crippen MR) is 74.7 cm³/mol. The Balaban J connectivity index is 1.49. The summed E-state index contributed by atoms with van der Waals surface area (Å²) in [5.74, 6) is 0.133. The molecule has 0 aromatic carbocycles. The third kappa shape index (κ3) is 2.89. The molecular weight excluding hydrogens is 272 g/mol. The van der Waals surface area contributed by atoms with E-state index in [0.717, 1.165) is 25.0 Å². The van der Waals surface area contributed by atoms with Gasteiger partial charge < -0.3 is 20.2 Å². The molecule has 3 rings (SSSR count). The zero-order valence-corrected chi connectivity index (χ0v) is 11.7. The lowest BCUT2D eigenvalue weighted by molar-refractivity contribution is -0.144. The van der Waals surface area contributed by atoms with E-state index in [2.05, 4.69) is 10.6 Å². The van der Waals surface area contributed by atoms with Crippen LogP contribution in [0.3, 0.4) is 0 Å². The number of carboxylic acid groups (broad SMARTS) is 1. The van der Waals surface area contributed by atoms with Crippen molar-refractivity contribution in [1.29, 1.82) is 0 Å². The van der Waals surface area contributed by atoms with Crippen LogP contribution in [0.5, 0.6) is 0 Å². The first kappa shape index (κ1) is 14.0. The van der Waals surface area contributed by atoms with Gasteiger partial charge in [-0.1, -0.05) is 0 Å². The number of hydrogen-bond acceptors (Lipinski definition) is 3. The van der Waals surface area contributed by atoms with Gasteiger partial charge in [-0.15, -0.1) is 0 Å². The molecule has 4 unspecified atom stereocenters. The van der Waals surface area contributed by atoms with E-state index in [1.54, 1.807) is 6.26 Å². The van der Waals surface area contributed by atoms with Crippen molar-refractivity contribution >= 4 is 12.0 Å². The molecule has 2 fully saturated rings. The summed E-state index contributed by atoms with van der Waals surface area (Å²) in [5.41, 5.74) is 0. The Kier molecular flexibility index (Phi) is 3.86. The molecule has 0 aliphatic heterocycles. The van der Waals surface area contributed by atoms with Crippen LogP contribution in [0.25, 0.3) is 0 Å². The van der Waals surface area contributed by atoms with Gasteiger partial charge in [-0.3, -0.25) is 4.79 Å². The van der Waals surface area contributed by atoms with E-state index >= 15 is 0 Å². The summed E-state index contributed by atoms with van der Waals surface area (Å²) >= 11 is 0. The number of rotatable bonds is 5. The van der Waals surface area contributed by atoms with Gasteiger partial charge in [-0.05, 0) is 43.2 Å². The van der Waals surface area contributed by atoms with Crippen LogP contribution in [0.2, 0.25) is 0 Å². The monoisotopic (exact) mass is 292 g/mol. The number of carbonyl (C=O) groups excluding carboxylic acids is 1. The van der Waals surface area contributed by atoms with E-state index in [1.165, 1.54) is 0 Å². The third-order valence-corrected chi connectivity index (χ3v) is 4.74. The number of nitrogens with one attached hydrogen (secondary N) is 2. The average molecular weight is 292 g/mol. The standard InChI is InChI=1S/C15H20N2O4/c18-14(19)12-9-3-4-10(8-9)13(12)17-15(20)16-6-5-11-2-1-7-21-11/h1-2,7,9-10,12-13H,3-6,8H2,(H,18,19)(H2,16,17,20). The fourth-order valence-corrected chi connectivity index (χ4v) is 3.81. The number of carboxylic acids is 1. The SMILES string of the molecule is O=C(NCCc1ccco1)NC1C2CCC(C2)C1C(=O)O. The molecular formula is C15H20N2O4. The molecule has 2 amide bonds. The number of fused-ring (bicyclic) bond motifs is 2. The summed E-state index contributed by atoms with van der Waals surface area (Å²) in [4.78, 5) is 23.3. The number of carbonyl (C=O) groups is 2. The molecule has 2 bridgehead atoms. The van der Waals surface area contributed by atoms with Crippen molar-refractivity contribution in [2.45, 2.75) is 31.7 Å². The largest absolute Gasteiger partial charge is 0.481 e. The number of furan rings is 1. The molecule has 1 aromatic rings. The molecule has 1 aromatic heterocycles. The minimum Gasteiger partial charge on any atom is -0.481 e. The van der Waals surface area contributed by atoms with Crippen molar-refractivity contribution in [3.63, 3.8) is 0 Å². The molecule has 6 heteroatoms.